The second kappa shape index (κ2) is 6.03. The van der Waals surface area contributed by atoms with Crippen LogP contribution in [-0.4, -0.2) is 30.4 Å². The Kier molecular flexibility index (Phi) is 4.97. The van der Waals surface area contributed by atoms with Crippen molar-refractivity contribution in [2.24, 2.45) is 5.73 Å². The highest BCUT2D eigenvalue weighted by Gasteiger charge is 2.23. The molecule has 1 aromatic rings. The van der Waals surface area contributed by atoms with Crippen molar-refractivity contribution < 1.29 is 4.79 Å². The maximum Gasteiger partial charge on any atom is 0.236 e. The number of nitrogens with zero attached hydrogens (tertiary/aromatic N) is 1. The zero-order chi connectivity index (χ0) is 11.5. The number of likely N-dealkylation sites (N-methyl/N-ethyl adjacent to an activating group) is 1. The molecule has 0 saturated carbocycles. The monoisotopic (exact) mass is 254 g/mol. The molecule has 0 aliphatic heterocycles. The summed E-state index contributed by atoms with van der Waals surface area (Å²) in [6, 6.07) is 8.78. The van der Waals surface area contributed by atoms with E-state index in [-0.39, 0.29) is 24.9 Å². The zero-order valence-corrected chi connectivity index (χ0v) is 10.9. The van der Waals surface area contributed by atoms with Crippen LogP contribution in [0, 0.1) is 0 Å². The van der Waals surface area contributed by atoms with Gasteiger partial charge < -0.3 is 10.6 Å². The predicted octanol–water partition coefficient (Wildman–Crippen LogP) is 1.38. The Labute approximate surface area is 108 Å². The van der Waals surface area contributed by atoms with E-state index in [0.717, 1.165) is 19.3 Å². The van der Waals surface area contributed by atoms with Gasteiger partial charge in [0, 0.05) is 13.1 Å². The summed E-state index contributed by atoms with van der Waals surface area (Å²) >= 11 is 0. The van der Waals surface area contributed by atoms with E-state index in [1.54, 1.807) is 4.90 Å². The first-order valence-electron chi connectivity index (χ1n) is 5.75. The quantitative estimate of drug-likeness (QED) is 0.867. The van der Waals surface area contributed by atoms with E-state index in [1.165, 1.54) is 11.1 Å². The van der Waals surface area contributed by atoms with Crippen molar-refractivity contribution in [2.45, 2.75) is 25.3 Å². The molecule has 0 radical (unpaired) electrons. The van der Waals surface area contributed by atoms with Crippen LogP contribution < -0.4 is 5.73 Å². The van der Waals surface area contributed by atoms with Crippen LogP contribution in [0.25, 0.3) is 0 Å². The third kappa shape index (κ3) is 2.99. The van der Waals surface area contributed by atoms with Crippen molar-refractivity contribution in [3.63, 3.8) is 0 Å². The Hall–Kier alpha value is -1.06. The third-order valence-electron chi connectivity index (χ3n) is 3.44. The van der Waals surface area contributed by atoms with Crippen LogP contribution in [0.5, 0.6) is 0 Å². The first-order chi connectivity index (χ1) is 7.72. The number of amides is 1. The number of carbonyl (C=O) groups excluding carboxylic acids is 1. The number of benzene rings is 1. The van der Waals surface area contributed by atoms with Gasteiger partial charge in [-0.1, -0.05) is 24.3 Å². The van der Waals surface area contributed by atoms with E-state index in [0.29, 0.717) is 6.04 Å². The van der Waals surface area contributed by atoms with E-state index in [4.69, 9.17) is 5.73 Å². The summed E-state index contributed by atoms with van der Waals surface area (Å²) in [6.07, 6.45) is 3.06. The summed E-state index contributed by atoms with van der Waals surface area (Å²) in [5, 5.41) is 0. The molecule has 4 heteroatoms. The number of rotatable bonds is 2. The minimum atomic E-state index is 0. The first kappa shape index (κ1) is 14.0. The number of halogens is 1. The lowest BCUT2D eigenvalue weighted by molar-refractivity contribution is -0.130. The topological polar surface area (TPSA) is 46.3 Å². The SMILES string of the molecule is CN(C(=O)CN)C1CCc2ccccc2C1.Cl. The van der Waals surface area contributed by atoms with Gasteiger partial charge in [-0.3, -0.25) is 4.79 Å². The Morgan fingerprint density at radius 1 is 1.41 bits per heavy atom. The molecule has 2 rings (SSSR count). The predicted molar refractivity (Wildman–Crippen MR) is 71.3 cm³/mol. The summed E-state index contributed by atoms with van der Waals surface area (Å²) in [4.78, 5) is 13.3. The molecular weight excluding hydrogens is 236 g/mol. The van der Waals surface area contributed by atoms with Crippen molar-refractivity contribution >= 4 is 18.3 Å². The summed E-state index contributed by atoms with van der Waals surface area (Å²) < 4.78 is 0. The summed E-state index contributed by atoms with van der Waals surface area (Å²) in [6.45, 7) is 0.106. The average molecular weight is 255 g/mol. The van der Waals surface area contributed by atoms with Gasteiger partial charge in [-0.2, -0.15) is 0 Å². The highest BCUT2D eigenvalue weighted by atomic mass is 35.5. The molecule has 0 heterocycles. The summed E-state index contributed by atoms with van der Waals surface area (Å²) in [5.41, 5.74) is 8.18. The van der Waals surface area contributed by atoms with Gasteiger partial charge in [0.05, 0.1) is 6.54 Å². The van der Waals surface area contributed by atoms with Gasteiger partial charge in [-0.15, -0.1) is 12.4 Å². The molecule has 1 amide bonds. The summed E-state index contributed by atoms with van der Waals surface area (Å²) in [7, 11) is 1.85. The van der Waals surface area contributed by atoms with Crippen LogP contribution in [0.3, 0.4) is 0 Å². The molecule has 0 saturated heterocycles. The van der Waals surface area contributed by atoms with Gasteiger partial charge in [-0.05, 0) is 30.4 Å². The second-order valence-corrected chi connectivity index (χ2v) is 4.37. The van der Waals surface area contributed by atoms with Crippen molar-refractivity contribution in [3.8, 4) is 0 Å². The first-order valence-corrected chi connectivity index (χ1v) is 5.75. The maximum absolute atomic E-state index is 11.5. The zero-order valence-electron chi connectivity index (χ0n) is 10.1. The molecule has 0 bridgehead atoms. The van der Waals surface area contributed by atoms with E-state index in [1.807, 2.05) is 7.05 Å². The molecule has 1 aliphatic rings. The number of hydrogen-bond donors (Lipinski definition) is 1. The standard InChI is InChI=1S/C13H18N2O.ClH/c1-15(13(16)9-14)12-7-6-10-4-2-3-5-11(10)8-12;/h2-5,12H,6-9,14H2,1H3;1H. The summed E-state index contributed by atoms with van der Waals surface area (Å²) in [5.74, 6) is 0.0318. The molecule has 1 unspecified atom stereocenters. The largest absolute Gasteiger partial charge is 0.341 e. The number of carbonyl (C=O) groups is 1. The van der Waals surface area contributed by atoms with E-state index in [9.17, 15) is 4.79 Å². The Balaban J connectivity index is 0.00000144. The van der Waals surface area contributed by atoms with Gasteiger partial charge >= 0.3 is 0 Å². The van der Waals surface area contributed by atoms with Gasteiger partial charge in [-0.25, -0.2) is 0 Å². The fraction of sp³-hybridized carbons (Fsp3) is 0.462. The van der Waals surface area contributed by atoms with Gasteiger partial charge in [0.25, 0.3) is 0 Å². The van der Waals surface area contributed by atoms with Crippen LogP contribution in [0.2, 0.25) is 0 Å². The lowest BCUT2D eigenvalue weighted by Gasteiger charge is -2.32. The number of hydrogen-bond acceptors (Lipinski definition) is 2. The molecule has 1 aliphatic carbocycles. The van der Waals surface area contributed by atoms with Crippen molar-refractivity contribution in [2.75, 3.05) is 13.6 Å². The molecule has 3 nitrogen and oxygen atoms in total. The lowest BCUT2D eigenvalue weighted by atomic mass is 9.87. The smallest absolute Gasteiger partial charge is 0.236 e. The fourth-order valence-corrected chi connectivity index (χ4v) is 2.36. The Morgan fingerprint density at radius 3 is 2.71 bits per heavy atom. The normalized spacial score (nSPS) is 17.9. The van der Waals surface area contributed by atoms with Crippen LogP contribution in [0.1, 0.15) is 17.5 Å². The fourth-order valence-electron chi connectivity index (χ4n) is 2.36. The molecule has 1 aromatic carbocycles. The van der Waals surface area contributed by atoms with Gasteiger partial charge in [0.1, 0.15) is 0 Å². The molecule has 94 valence electrons. The minimum absolute atomic E-state index is 0. The maximum atomic E-state index is 11.5. The van der Waals surface area contributed by atoms with Crippen molar-refractivity contribution in [3.05, 3.63) is 35.4 Å². The number of fused-ring (bicyclic) bond motifs is 1. The molecular formula is C13H19ClN2O. The van der Waals surface area contributed by atoms with Crippen molar-refractivity contribution in [1.82, 2.24) is 4.90 Å². The highest BCUT2D eigenvalue weighted by molar-refractivity contribution is 5.85. The average Bonchev–Trinajstić information content (AvgIpc) is 2.36. The molecule has 0 fully saturated rings. The van der Waals surface area contributed by atoms with E-state index in [2.05, 4.69) is 24.3 Å². The highest BCUT2D eigenvalue weighted by Crippen LogP contribution is 2.23. The molecule has 2 N–H and O–H groups in total. The number of aryl methyl sites for hydroxylation is 1. The Bertz CT molecular complexity index is 395. The number of nitrogens with two attached hydrogens (primary N) is 1. The Morgan fingerprint density at radius 2 is 2.06 bits per heavy atom. The molecule has 1 atom stereocenters. The lowest BCUT2D eigenvalue weighted by Crippen LogP contribution is -2.43. The minimum Gasteiger partial charge on any atom is -0.341 e. The van der Waals surface area contributed by atoms with Gasteiger partial charge in [0.2, 0.25) is 5.91 Å². The van der Waals surface area contributed by atoms with Crippen LogP contribution in [-0.2, 0) is 17.6 Å². The van der Waals surface area contributed by atoms with E-state index < -0.39 is 0 Å². The molecule has 0 spiro atoms. The van der Waals surface area contributed by atoms with E-state index >= 15 is 0 Å². The third-order valence-corrected chi connectivity index (χ3v) is 3.44. The van der Waals surface area contributed by atoms with Crippen molar-refractivity contribution in [1.29, 1.82) is 0 Å². The van der Waals surface area contributed by atoms with Crippen LogP contribution in [0.15, 0.2) is 24.3 Å². The van der Waals surface area contributed by atoms with Crippen LogP contribution in [0.4, 0.5) is 0 Å². The van der Waals surface area contributed by atoms with Crippen LogP contribution >= 0.6 is 12.4 Å². The second-order valence-electron chi connectivity index (χ2n) is 4.37. The molecule has 0 aromatic heterocycles. The van der Waals surface area contributed by atoms with Gasteiger partial charge in [0.15, 0.2) is 0 Å². The molecule has 17 heavy (non-hydrogen) atoms.